The molecule has 3 N–H and O–H groups in total. The fraction of sp³-hybridized carbons (Fsp3) is 1.00. The Morgan fingerprint density at radius 3 is 3.17 bits per heavy atom. The summed E-state index contributed by atoms with van der Waals surface area (Å²) in [6.07, 6.45) is 2.98. The maximum atomic E-state index is 5.59. The van der Waals surface area contributed by atoms with Gasteiger partial charge in [-0.05, 0) is 18.8 Å². The van der Waals surface area contributed by atoms with Crippen LogP contribution in [0.4, 0.5) is 0 Å². The van der Waals surface area contributed by atoms with Gasteiger partial charge in [0.2, 0.25) is 0 Å². The van der Waals surface area contributed by atoms with E-state index in [-0.39, 0.29) is 0 Å². The summed E-state index contributed by atoms with van der Waals surface area (Å²) < 4.78 is 5.59. The van der Waals surface area contributed by atoms with E-state index >= 15 is 0 Å². The number of ether oxygens (including phenoxy) is 1. The normalized spacial score (nSPS) is 52.0. The van der Waals surface area contributed by atoms with Crippen molar-refractivity contribution in [3.8, 4) is 0 Å². The van der Waals surface area contributed by atoms with Crippen LogP contribution in [0.25, 0.3) is 0 Å². The number of hydrogen-bond donors (Lipinski definition) is 3. The van der Waals surface area contributed by atoms with Gasteiger partial charge in [-0.15, -0.1) is 0 Å². The largest absolute Gasteiger partial charge is 0.361 e. The highest BCUT2D eigenvalue weighted by molar-refractivity contribution is 5.01. The molecule has 0 aromatic rings. The van der Waals surface area contributed by atoms with Gasteiger partial charge in [0.05, 0.1) is 18.9 Å². The Morgan fingerprint density at radius 2 is 2.17 bits per heavy atom. The van der Waals surface area contributed by atoms with Gasteiger partial charge in [-0.3, -0.25) is 16.2 Å². The molecule has 0 bridgehead atoms. The highest BCUT2D eigenvalue weighted by Gasteiger charge is 2.44. The fourth-order valence-electron chi connectivity index (χ4n) is 2.70. The molecule has 3 fully saturated rings. The third kappa shape index (κ3) is 0.925. The zero-order valence-electron chi connectivity index (χ0n) is 7.05. The minimum absolute atomic E-state index is 0.457. The molecule has 0 aromatic heterocycles. The van der Waals surface area contributed by atoms with E-state index in [4.69, 9.17) is 4.74 Å². The lowest BCUT2D eigenvalue weighted by Gasteiger charge is -2.33. The molecule has 4 unspecified atom stereocenters. The molecular weight excluding hydrogens is 154 g/mol. The SMILES string of the molecule is C1NC2C(CCC3CNNC32)O1. The predicted octanol–water partition coefficient (Wildman–Crippen LogP) is -0.813. The molecule has 68 valence electrons. The molecular formula is C8H15N3O. The van der Waals surface area contributed by atoms with E-state index in [2.05, 4.69) is 16.2 Å². The molecule has 4 atom stereocenters. The van der Waals surface area contributed by atoms with Crippen molar-refractivity contribution < 1.29 is 4.74 Å². The zero-order chi connectivity index (χ0) is 7.97. The van der Waals surface area contributed by atoms with Crippen LogP contribution in [0.3, 0.4) is 0 Å². The summed E-state index contributed by atoms with van der Waals surface area (Å²) in [7, 11) is 0. The molecule has 1 aliphatic carbocycles. The summed E-state index contributed by atoms with van der Waals surface area (Å²) in [5.41, 5.74) is 6.57. The Morgan fingerprint density at radius 1 is 1.17 bits per heavy atom. The number of hydrazine groups is 1. The molecule has 12 heavy (non-hydrogen) atoms. The highest BCUT2D eigenvalue weighted by atomic mass is 16.5. The summed E-state index contributed by atoms with van der Waals surface area (Å²) in [5, 5.41) is 3.41. The smallest absolute Gasteiger partial charge is 0.0973 e. The lowest BCUT2D eigenvalue weighted by molar-refractivity contribution is 0.0656. The highest BCUT2D eigenvalue weighted by Crippen LogP contribution is 2.30. The molecule has 2 saturated heterocycles. The first-order valence-electron chi connectivity index (χ1n) is 4.78. The monoisotopic (exact) mass is 169 g/mol. The molecule has 2 heterocycles. The second kappa shape index (κ2) is 2.67. The summed E-state index contributed by atoms with van der Waals surface area (Å²) in [5.74, 6) is 0.806. The number of nitrogens with one attached hydrogen (secondary N) is 3. The van der Waals surface area contributed by atoms with E-state index < -0.39 is 0 Å². The van der Waals surface area contributed by atoms with Gasteiger partial charge in [0.15, 0.2) is 0 Å². The van der Waals surface area contributed by atoms with E-state index in [9.17, 15) is 0 Å². The van der Waals surface area contributed by atoms with E-state index in [0.717, 1.165) is 19.2 Å². The minimum atomic E-state index is 0.457. The molecule has 1 saturated carbocycles. The Kier molecular flexibility index (Phi) is 1.61. The lowest BCUT2D eigenvalue weighted by Crippen LogP contribution is -2.53. The molecule has 4 nitrogen and oxygen atoms in total. The van der Waals surface area contributed by atoms with Crippen LogP contribution in [0, 0.1) is 5.92 Å². The quantitative estimate of drug-likeness (QED) is 0.444. The van der Waals surface area contributed by atoms with Crippen molar-refractivity contribution in [1.29, 1.82) is 0 Å². The second-order valence-electron chi connectivity index (χ2n) is 3.97. The molecule has 3 aliphatic rings. The zero-order valence-corrected chi connectivity index (χ0v) is 7.05. The molecule has 0 spiro atoms. The van der Waals surface area contributed by atoms with Crippen molar-refractivity contribution >= 4 is 0 Å². The number of fused-ring (bicyclic) bond motifs is 3. The third-order valence-electron chi connectivity index (χ3n) is 3.37. The van der Waals surface area contributed by atoms with Crippen LogP contribution in [0.1, 0.15) is 12.8 Å². The van der Waals surface area contributed by atoms with Crippen LogP contribution in [0.5, 0.6) is 0 Å². The van der Waals surface area contributed by atoms with Gasteiger partial charge >= 0.3 is 0 Å². The first-order valence-corrected chi connectivity index (χ1v) is 4.78. The van der Waals surface area contributed by atoms with Crippen LogP contribution >= 0.6 is 0 Å². The second-order valence-corrected chi connectivity index (χ2v) is 3.97. The minimum Gasteiger partial charge on any atom is -0.361 e. The Labute approximate surface area is 72.0 Å². The van der Waals surface area contributed by atoms with Crippen molar-refractivity contribution in [1.82, 2.24) is 16.2 Å². The molecule has 0 aromatic carbocycles. The van der Waals surface area contributed by atoms with Crippen LogP contribution in [-0.2, 0) is 4.74 Å². The summed E-state index contributed by atoms with van der Waals surface area (Å²) in [4.78, 5) is 0. The van der Waals surface area contributed by atoms with Crippen LogP contribution in [-0.4, -0.2) is 31.5 Å². The first kappa shape index (κ1) is 7.26. The Bertz CT molecular complexity index is 167. The van der Waals surface area contributed by atoms with Gasteiger partial charge in [0, 0.05) is 12.6 Å². The van der Waals surface area contributed by atoms with Crippen LogP contribution in [0.15, 0.2) is 0 Å². The molecule has 0 radical (unpaired) electrons. The maximum Gasteiger partial charge on any atom is 0.0973 e. The van der Waals surface area contributed by atoms with E-state index in [1.807, 2.05) is 0 Å². The molecule has 3 rings (SSSR count). The summed E-state index contributed by atoms with van der Waals surface area (Å²) >= 11 is 0. The predicted molar refractivity (Wildman–Crippen MR) is 44.3 cm³/mol. The Hall–Kier alpha value is -0.160. The number of hydrogen-bond acceptors (Lipinski definition) is 4. The average molecular weight is 169 g/mol. The van der Waals surface area contributed by atoms with E-state index in [1.54, 1.807) is 0 Å². The summed E-state index contributed by atoms with van der Waals surface area (Å²) in [6, 6.07) is 1.13. The average Bonchev–Trinajstić information content (AvgIpc) is 2.71. The van der Waals surface area contributed by atoms with Crippen molar-refractivity contribution in [3.05, 3.63) is 0 Å². The van der Waals surface area contributed by atoms with Crippen molar-refractivity contribution in [2.75, 3.05) is 13.3 Å². The van der Waals surface area contributed by atoms with Crippen molar-refractivity contribution in [3.63, 3.8) is 0 Å². The fourth-order valence-corrected chi connectivity index (χ4v) is 2.70. The number of rotatable bonds is 0. The topological polar surface area (TPSA) is 45.3 Å². The van der Waals surface area contributed by atoms with Crippen molar-refractivity contribution in [2.24, 2.45) is 5.92 Å². The van der Waals surface area contributed by atoms with Gasteiger partial charge in [0.25, 0.3) is 0 Å². The third-order valence-corrected chi connectivity index (χ3v) is 3.37. The molecule has 4 heteroatoms. The van der Waals surface area contributed by atoms with E-state index in [0.29, 0.717) is 18.2 Å². The van der Waals surface area contributed by atoms with Gasteiger partial charge in [-0.2, -0.15) is 0 Å². The summed E-state index contributed by atoms with van der Waals surface area (Å²) in [6.45, 7) is 1.86. The first-order chi connectivity index (χ1) is 5.95. The maximum absolute atomic E-state index is 5.59. The van der Waals surface area contributed by atoms with Gasteiger partial charge < -0.3 is 4.74 Å². The lowest BCUT2D eigenvalue weighted by atomic mass is 9.81. The Balaban J connectivity index is 1.81. The standard InChI is InChI=1S/C8H15N3O/c1-2-6-8(9-4-12-6)7-5(1)3-10-11-7/h5-11H,1-4H2. The van der Waals surface area contributed by atoms with Crippen LogP contribution in [0.2, 0.25) is 0 Å². The van der Waals surface area contributed by atoms with Crippen LogP contribution < -0.4 is 16.2 Å². The van der Waals surface area contributed by atoms with E-state index in [1.165, 1.54) is 12.8 Å². The van der Waals surface area contributed by atoms with Gasteiger partial charge in [-0.1, -0.05) is 0 Å². The molecule has 2 aliphatic heterocycles. The van der Waals surface area contributed by atoms with Gasteiger partial charge in [0.1, 0.15) is 0 Å². The van der Waals surface area contributed by atoms with Gasteiger partial charge in [-0.25, -0.2) is 0 Å². The molecule has 0 amide bonds. The van der Waals surface area contributed by atoms with Crippen molar-refractivity contribution in [2.45, 2.75) is 31.0 Å².